The van der Waals surface area contributed by atoms with Gasteiger partial charge >= 0.3 is 0 Å². The molecule has 0 aliphatic rings. The average molecular weight is 243 g/mol. The molecular formula is C16H21NO. The first-order valence-electron chi connectivity index (χ1n) is 6.50. The smallest absolute Gasteiger partial charge is 0.0940 e. The van der Waals surface area contributed by atoms with Crippen LogP contribution in [0, 0.1) is 0 Å². The summed E-state index contributed by atoms with van der Waals surface area (Å²) in [6.45, 7) is 6.19. The van der Waals surface area contributed by atoms with Crippen LogP contribution >= 0.6 is 0 Å². The van der Waals surface area contributed by atoms with E-state index in [9.17, 15) is 5.11 Å². The Morgan fingerprint density at radius 1 is 0.944 bits per heavy atom. The van der Waals surface area contributed by atoms with Crippen molar-refractivity contribution < 1.29 is 5.11 Å². The van der Waals surface area contributed by atoms with Crippen molar-refractivity contribution in [1.29, 1.82) is 0 Å². The highest BCUT2D eigenvalue weighted by atomic mass is 16.3. The zero-order valence-electron chi connectivity index (χ0n) is 11.2. The summed E-state index contributed by atoms with van der Waals surface area (Å²) in [4.78, 5) is 0. The topological polar surface area (TPSA) is 32.3 Å². The van der Waals surface area contributed by atoms with Gasteiger partial charge in [-0.1, -0.05) is 50.2 Å². The SMILES string of the molecule is CC(C)N[C@@H](C)[C@H](O)c1ccc2ccccc2c1. The first kappa shape index (κ1) is 13.1. The first-order valence-corrected chi connectivity index (χ1v) is 6.50. The van der Waals surface area contributed by atoms with Crippen LogP contribution in [0.2, 0.25) is 0 Å². The van der Waals surface area contributed by atoms with Gasteiger partial charge in [0.2, 0.25) is 0 Å². The Morgan fingerprint density at radius 2 is 1.61 bits per heavy atom. The molecule has 2 aromatic rings. The zero-order chi connectivity index (χ0) is 13.1. The molecule has 0 fully saturated rings. The van der Waals surface area contributed by atoms with Crippen molar-refractivity contribution in [3.63, 3.8) is 0 Å². The molecule has 0 aromatic heterocycles. The largest absolute Gasteiger partial charge is 0.387 e. The summed E-state index contributed by atoms with van der Waals surface area (Å²) >= 11 is 0. The number of benzene rings is 2. The number of hydrogen-bond acceptors (Lipinski definition) is 2. The van der Waals surface area contributed by atoms with Gasteiger partial charge in [-0.15, -0.1) is 0 Å². The van der Waals surface area contributed by atoms with E-state index < -0.39 is 6.10 Å². The van der Waals surface area contributed by atoms with Gasteiger partial charge < -0.3 is 10.4 Å². The molecule has 2 atom stereocenters. The molecule has 0 bridgehead atoms. The number of hydrogen-bond donors (Lipinski definition) is 2. The van der Waals surface area contributed by atoms with Gasteiger partial charge in [0.15, 0.2) is 0 Å². The highest BCUT2D eigenvalue weighted by molar-refractivity contribution is 5.83. The lowest BCUT2D eigenvalue weighted by Crippen LogP contribution is -2.36. The van der Waals surface area contributed by atoms with Crippen molar-refractivity contribution >= 4 is 10.8 Å². The fourth-order valence-corrected chi connectivity index (χ4v) is 2.30. The Kier molecular flexibility index (Phi) is 4.00. The Morgan fingerprint density at radius 3 is 2.28 bits per heavy atom. The molecule has 0 spiro atoms. The van der Waals surface area contributed by atoms with E-state index >= 15 is 0 Å². The minimum absolute atomic E-state index is 0.0474. The molecule has 0 heterocycles. The van der Waals surface area contributed by atoms with E-state index in [0.717, 1.165) is 5.56 Å². The molecule has 0 saturated heterocycles. The molecule has 0 radical (unpaired) electrons. The number of aliphatic hydroxyl groups excluding tert-OH is 1. The zero-order valence-corrected chi connectivity index (χ0v) is 11.2. The predicted molar refractivity (Wildman–Crippen MR) is 76.6 cm³/mol. The maximum Gasteiger partial charge on any atom is 0.0940 e. The van der Waals surface area contributed by atoms with Crippen LogP contribution in [0.4, 0.5) is 0 Å². The average Bonchev–Trinajstić information content (AvgIpc) is 2.36. The van der Waals surface area contributed by atoms with Crippen LogP contribution in [0.1, 0.15) is 32.4 Å². The lowest BCUT2D eigenvalue weighted by Gasteiger charge is -2.23. The van der Waals surface area contributed by atoms with Gasteiger partial charge in [0.25, 0.3) is 0 Å². The summed E-state index contributed by atoms with van der Waals surface area (Å²) in [6.07, 6.45) is -0.475. The van der Waals surface area contributed by atoms with Gasteiger partial charge in [0, 0.05) is 12.1 Å². The van der Waals surface area contributed by atoms with Crippen LogP contribution in [0.5, 0.6) is 0 Å². The van der Waals surface area contributed by atoms with Crippen molar-refractivity contribution in [2.75, 3.05) is 0 Å². The third kappa shape index (κ3) is 2.89. The molecule has 2 aromatic carbocycles. The van der Waals surface area contributed by atoms with Gasteiger partial charge in [-0.3, -0.25) is 0 Å². The highest BCUT2D eigenvalue weighted by Gasteiger charge is 2.16. The van der Waals surface area contributed by atoms with E-state index in [4.69, 9.17) is 0 Å². The Balaban J connectivity index is 2.24. The molecule has 0 amide bonds. The lowest BCUT2D eigenvalue weighted by atomic mass is 9.99. The maximum atomic E-state index is 10.3. The summed E-state index contributed by atoms with van der Waals surface area (Å²) in [6, 6.07) is 14.8. The van der Waals surface area contributed by atoms with Crippen molar-refractivity contribution in [3.8, 4) is 0 Å². The normalized spacial score (nSPS) is 14.9. The standard InChI is InChI=1S/C16H21NO/c1-11(2)17-12(3)16(18)15-9-8-13-6-4-5-7-14(13)10-15/h4-12,16-18H,1-3H3/t12-,16-/m0/s1. The van der Waals surface area contributed by atoms with Crippen molar-refractivity contribution in [2.24, 2.45) is 0 Å². The molecule has 0 aliphatic carbocycles. The van der Waals surface area contributed by atoms with Crippen LogP contribution in [0.25, 0.3) is 10.8 Å². The third-order valence-corrected chi connectivity index (χ3v) is 3.18. The molecule has 2 rings (SSSR count). The second kappa shape index (κ2) is 5.51. The minimum atomic E-state index is -0.475. The minimum Gasteiger partial charge on any atom is -0.387 e. The molecule has 96 valence electrons. The summed E-state index contributed by atoms with van der Waals surface area (Å²) < 4.78 is 0. The summed E-state index contributed by atoms with van der Waals surface area (Å²) in [7, 11) is 0. The molecular weight excluding hydrogens is 222 g/mol. The molecule has 2 heteroatoms. The van der Waals surface area contributed by atoms with E-state index in [1.54, 1.807) is 0 Å². The number of fused-ring (bicyclic) bond motifs is 1. The summed E-state index contributed by atoms with van der Waals surface area (Å²) in [5.74, 6) is 0. The van der Waals surface area contributed by atoms with Crippen LogP contribution in [0.3, 0.4) is 0 Å². The van der Waals surface area contributed by atoms with Crippen molar-refractivity contribution in [2.45, 2.75) is 39.0 Å². The second-order valence-electron chi connectivity index (χ2n) is 5.16. The van der Waals surface area contributed by atoms with E-state index in [2.05, 4.69) is 43.4 Å². The fraction of sp³-hybridized carbons (Fsp3) is 0.375. The monoisotopic (exact) mass is 243 g/mol. The molecule has 2 nitrogen and oxygen atoms in total. The third-order valence-electron chi connectivity index (χ3n) is 3.18. The van der Waals surface area contributed by atoms with Crippen molar-refractivity contribution in [3.05, 3.63) is 48.0 Å². The lowest BCUT2D eigenvalue weighted by molar-refractivity contribution is 0.132. The molecule has 0 saturated carbocycles. The Labute approximate surface area is 109 Å². The van der Waals surface area contributed by atoms with Crippen molar-refractivity contribution in [1.82, 2.24) is 5.32 Å². The van der Waals surface area contributed by atoms with Crippen LogP contribution in [0.15, 0.2) is 42.5 Å². The number of nitrogens with one attached hydrogen (secondary N) is 1. The van der Waals surface area contributed by atoms with Crippen LogP contribution < -0.4 is 5.32 Å². The van der Waals surface area contributed by atoms with E-state index in [0.29, 0.717) is 6.04 Å². The molecule has 18 heavy (non-hydrogen) atoms. The first-order chi connectivity index (χ1) is 8.58. The summed E-state index contributed by atoms with van der Waals surface area (Å²) in [5, 5.41) is 16.1. The van der Waals surface area contributed by atoms with Gasteiger partial charge in [-0.2, -0.15) is 0 Å². The number of aliphatic hydroxyl groups is 1. The van der Waals surface area contributed by atoms with Gasteiger partial charge in [-0.05, 0) is 29.3 Å². The highest BCUT2D eigenvalue weighted by Crippen LogP contribution is 2.22. The Hall–Kier alpha value is -1.38. The fourth-order valence-electron chi connectivity index (χ4n) is 2.30. The summed E-state index contributed by atoms with van der Waals surface area (Å²) in [5.41, 5.74) is 0.967. The molecule has 0 aliphatic heterocycles. The van der Waals surface area contributed by atoms with Crippen LogP contribution in [-0.2, 0) is 0 Å². The quantitative estimate of drug-likeness (QED) is 0.864. The van der Waals surface area contributed by atoms with E-state index in [-0.39, 0.29) is 6.04 Å². The van der Waals surface area contributed by atoms with Gasteiger partial charge in [-0.25, -0.2) is 0 Å². The molecule has 0 unspecified atom stereocenters. The number of rotatable bonds is 4. The van der Waals surface area contributed by atoms with E-state index in [1.165, 1.54) is 10.8 Å². The maximum absolute atomic E-state index is 10.3. The van der Waals surface area contributed by atoms with E-state index in [1.807, 2.05) is 25.1 Å². The van der Waals surface area contributed by atoms with Gasteiger partial charge in [0.1, 0.15) is 0 Å². The van der Waals surface area contributed by atoms with Gasteiger partial charge in [0.05, 0.1) is 6.10 Å². The predicted octanol–water partition coefficient (Wildman–Crippen LogP) is 3.26. The van der Waals surface area contributed by atoms with Crippen LogP contribution in [-0.4, -0.2) is 17.2 Å². The Bertz CT molecular complexity index is 521. The molecule has 2 N–H and O–H groups in total. The second-order valence-corrected chi connectivity index (χ2v) is 5.16.